The molecule has 0 aliphatic carbocycles. The minimum absolute atomic E-state index is 0.0678. The summed E-state index contributed by atoms with van der Waals surface area (Å²) < 4.78 is 58.5. The Balaban J connectivity index is 2.50. The van der Waals surface area contributed by atoms with Crippen LogP contribution in [0.4, 0.5) is 13.2 Å². The molecule has 0 bridgehead atoms. The average molecular weight is 398 g/mol. The van der Waals surface area contributed by atoms with Crippen LogP contribution in [0.25, 0.3) is 0 Å². The molecule has 0 saturated carbocycles. The van der Waals surface area contributed by atoms with E-state index >= 15 is 0 Å². The first-order chi connectivity index (χ1) is 13.3. The normalized spacial score (nSPS) is 11.1. The first-order valence-corrected chi connectivity index (χ1v) is 8.64. The molecular formula is C20H21F3O5. The first-order valence-electron chi connectivity index (χ1n) is 8.64. The molecule has 0 aromatic heterocycles. The zero-order chi connectivity index (χ0) is 20.7. The van der Waals surface area contributed by atoms with E-state index in [0.29, 0.717) is 6.42 Å². The van der Waals surface area contributed by atoms with E-state index in [0.717, 1.165) is 6.42 Å². The van der Waals surface area contributed by atoms with Crippen LogP contribution in [0.2, 0.25) is 0 Å². The molecule has 0 atom stereocenters. The van der Waals surface area contributed by atoms with Crippen LogP contribution in [-0.2, 0) is 0 Å². The minimum Gasteiger partial charge on any atom is -0.493 e. The van der Waals surface area contributed by atoms with Crippen LogP contribution in [0.15, 0.2) is 36.4 Å². The number of carbonyl (C=O) groups is 1. The number of halogens is 3. The molecule has 2 aromatic rings. The molecule has 0 aliphatic heterocycles. The largest absolute Gasteiger partial charge is 0.573 e. The molecule has 0 radical (unpaired) electrons. The number of hydrogen-bond donors (Lipinski definition) is 0. The van der Waals surface area contributed by atoms with Crippen molar-refractivity contribution in [2.75, 3.05) is 13.7 Å². The summed E-state index contributed by atoms with van der Waals surface area (Å²) in [6, 6.07) is 9.39. The van der Waals surface area contributed by atoms with Crippen molar-refractivity contribution in [3.8, 4) is 23.0 Å². The Morgan fingerprint density at radius 2 is 1.79 bits per heavy atom. The maximum absolute atomic E-state index is 12.8. The second-order valence-electron chi connectivity index (χ2n) is 5.86. The van der Waals surface area contributed by atoms with E-state index in [4.69, 9.17) is 14.2 Å². The van der Waals surface area contributed by atoms with Crippen LogP contribution in [0, 0.1) is 6.92 Å². The quantitative estimate of drug-likeness (QED) is 0.343. The molecule has 5 nitrogen and oxygen atoms in total. The van der Waals surface area contributed by atoms with Gasteiger partial charge in [0.25, 0.3) is 0 Å². The van der Waals surface area contributed by atoms with Gasteiger partial charge >= 0.3 is 12.3 Å². The fourth-order valence-electron chi connectivity index (χ4n) is 2.47. The number of alkyl halides is 3. The summed E-state index contributed by atoms with van der Waals surface area (Å²) in [6.45, 7) is 3.56. The second-order valence-corrected chi connectivity index (χ2v) is 5.86. The first kappa shape index (κ1) is 21.4. The Hall–Kier alpha value is -2.90. The Labute approximate surface area is 161 Å². The standard InChI is InChI=1S/C20H21F3O5/c1-4-5-11-26-15-12-16(25-3)18(28-20(21,22)23)13(2)17(15)19(24)27-14-9-7-6-8-10-14/h6-10,12H,4-5,11H2,1-3H3. The molecule has 2 aromatic carbocycles. The number of carbonyl (C=O) groups excluding carboxylic acids is 1. The highest BCUT2D eigenvalue weighted by atomic mass is 19.4. The molecule has 0 spiro atoms. The van der Waals surface area contributed by atoms with Crippen LogP contribution in [-0.4, -0.2) is 26.0 Å². The number of hydrogen-bond acceptors (Lipinski definition) is 5. The van der Waals surface area contributed by atoms with Crippen molar-refractivity contribution in [3.63, 3.8) is 0 Å². The molecule has 0 N–H and O–H groups in total. The van der Waals surface area contributed by atoms with Gasteiger partial charge in [0.15, 0.2) is 11.5 Å². The molecule has 0 aliphatic rings. The lowest BCUT2D eigenvalue weighted by molar-refractivity contribution is -0.275. The van der Waals surface area contributed by atoms with Crippen molar-refractivity contribution in [1.82, 2.24) is 0 Å². The number of unbranched alkanes of at least 4 members (excludes halogenated alkanes) is 1. The number of ether oxygens (including phenoxy) is 4. The number of esters is 1. The van der Waals surface area contributed by atoms with Crippen molar-refractivity contribution in [3.05, 3.63) is 47.5 Å². The highest BCUT2D eigenvalue weighted by Gasteiger charge is 2.35. The molecular weight excluding hydrogens is 377 g/mol. The Morgan fingerprint density at radius 1 is 1.11 bits per heavy atom. The Morgan fingerprint density at radius 3 is 2.36 bits per heavy atom. The fraction of sp³-hybridized carbons (Fsp3) is 0.350. The van der Waals surface area contributed by atoms with Crippen LogP contribution in [0.1, 0.15) is 35.7 Å². The maximum Gasteiger partial charge on any atom is 0.573 e. The third-order valence-electron chi connectivity index (χ3n) is 3.80. The predicted octanol–water partition coefficient (Wildman–Crippen LogP) is 5.30. The smallest absolute Gasteiger partial charge is 0.493 e. The van der Waals surface area contributed by atoms with Gasteiger partial charge in [0, 0.05) is 11.6 Å². The van der Waals surface area contributed by atoms with E-state index in [1.807, 2.05) is 6.92 Å². The third-order valence-corrected chi connectivity index (χ3v) is 3.80. The van der Waals surface area contributed by atoms with Crippen molar-refractivity contribution >= 4 is 5.97 Å². The zero-order valence-corrected chi connectivity index (χ0v) is 15.8. The number of benzene rings is 2. The molecule has 152 valence electrons. The van der Waals surface area contributed by atoms with Crippen molar-refractivity contribution in [1.29, 1.82) is 0 Å². The molecule has 0 amide bonds. The van der Waals surface area contributed by atoms with Gasteiger partial charge in [-0.15, -0.1) is 13.2 Å². The molecule has 28 heavy (non-hydrogen) atoms. The lowest BCUT2D eigenvalue weighted by Gasteiger charge is -2.20. The lowest BCUT2D eigenvalue weighted by Crippen LogP contribution is -2.20. The van der Waals surface area contributed by atoms with Crippen molar-refractivity contribution in [2.24, 2.45) is 0 Å². The van der Waals surface area contributed by atoms with Crippen LogP contribution in [0.5, 0.6) is 23.0 Å². The van der Waals surface area contributed by atoms with E-state index < -0.39 is 18.1 Å². The number of rotatable bonds is 8. The summed E-state index contributed by atoms with van der Waals surface area (Å²) >= 11 is 0. The van der Waals surface area contributed by atoms with Gasteiger partial charge in [0.05, 0.1) is 13.7 Å². The maximum atomic E-state index is 12.8. The highest BCUT2D eigenvalue weighted by molar-refractivity contribution is 5.97. The van der Waals surface area contributed by atoms with E-state index in [1.54, 1.807) is 30.3 Å². The summed E-state index contributed by atoms with van der Waals surface area (Å²) in [4.78, 5) is 12.7. The van der Waals surface area contributed by atoms with Gasteiger partial charge in [0.1, 0.15) is 17.1 Å². The SMILES string of the molecule is CCCCOc1cc(OC)c(OC(F)(F)F)c(C)c1C(=O)Oc1ccccc1. The molecule has 8 heteroatoms. The lowest BCUT2D eigenvalue weighted by atomic mass is 10.1. The van der Waals surface area contributed by atoms with Gasteiger partial charge in [-0.05, 0) is 25.5 Å². The molecule has 0 fully saturated rings. The molecule has 2 rings (SSSR count). The van der Waals surface area contributed by atoms with E-state index in [1.165, 1.54) is 20.1 Å². The second kappa shape index (κ2) is 9.34. The van der Waals surface area contributed by atoms with E-state index in [2.05, 4.69) is 4.74 Å². The van der Waals surface area contributed by atoms with Crippen LogP contribution < -0.4 is 18.9 Å². The average Bonchev–Trinajstić information content (AvgIpc) is 2.63. The summed E-state index contributed by atoms with van der Waals surface area (Å²) in [7, 11) is 1.20. The van der Waals surface area contributed by atoms with Crippen LogP contribution in [0.3, 0.4) is 0 Å². The molecule has 0 heterocycles. The Bertz CT molecular complexity index is 804. The fourth-order valence-corrected chi connectivity index (χ4v) is 2.47. The van der Waals surface area contributed by atoms with Gasteiger partial charge in [-0.25, -0.2) is 4.79 Å². The summed E-state index contributed by atoms with van der Waals surface area (Å²) in [5.74, 6) is -1.35. The van der Waals surface area contributed by atoms with Crippen molar-refractivity contribution < 1.29 is 36.9 Å². The minimum atomic E-state index is -4.96. The highest BCUT2D eigenvalue weighted by Crippen LogP contribution is 2.42. The zero-order valence-electron chi connectivity index (χ0n) is 15.8. The molecule has 0 unspecified atom stereocenters. The number of methoxy groups -OCH3 is 1. The van der Waals surface area contributed by atoms with Gasteiger partial charge in [-0.3, -0.25) is 0 Å². The summed E-state index contributed by atoms with van der Waals surface area (Å²) in [5, 5.41) is 0. The molecule has 0 saturated heterocycles. The Kier molecular flexibility index (Phi) is 7.14. The van der Waals surface area contributed by atoms with Gasteiger partial charge in [-0.2, -0.15) is 0 Å². The van der Waals surface area contributed by atoms with Crippen molar-refractivity contribution in [2.45, 2.75) is 33.1 Å². The summed E-state index contributed by atoms with van der Waals surface area (Å²) in [6.07, 6.45) is -3.41. The van der Waals surface area contributed by atoms with Gasteiger partial charge in [-0.1, -0.05) is 31.5 Å². The van der Waals surface area contributed by atoms with E-state index in [-0.39, 0.29) is 35.0 Å². The predicted molar refractivity (Wildman–Crippen MR) is 96.2 cm³/mol. The topological polar surface area (TPSA) is 54.0 Å². The van der Waals surface area contributed by atoms with Gasteiger partial charge < -0.3 is 18.9 Å². The monoisotopic (exact) mass is 398 g/mol. The third kappa shape index (κ3) is 5.55. The number of para-hydroxylation sites is 1. The van der Waals surface area contributed by atoms with Gasteiger partial charge in [0.2, 0.25) is 0 Å². The van der Waals surface area contributed by atoms with Crippen LogP contribution >= 0.6 is 0 Å². The van der Waals surface area contributed by atoms with E-state index in [9.17, 15) is 18.0 Å². The summed E-state index contributed by atoms with van der Waals surface area (Å²) in [5.41, 5.74) is -0.246.